The Labute approximate surface area is 142 Å². The molecule has 1 aromatic rings. The van der Waals surface area contributed by atoms with E-state index in [1.54, 1.807) is 24.3 Å². The van der Waals surface area contributed by atoms with Crippen LogP contribution >= 0.6 is 11.6 Å². The van der Waals surface area contributed by atoms with Crippen LogP contribution in [0.25, 0.3) is 0 Å². The van der Waals surface area contributed by atoms with Gasteiger partial charge in [0.1, 0.15) is 6.61 Å². The zero-order chi connectivity index (χ0) is 16.5. The highest BCUT2D eigenvalue weighted by molar-refractivity contribution is 6.30. The lowest BCUT2D eigenvalue weighted by Gasteiger charge is -2.20. The summed E-state index contributed by atoms with van der Waals surface area (Å²) >= 11 is 5.79. The topological polar surface area (TPSA) is 52.6 Å². The summed E-state index contributed by atoms with van der Waals surface area (Å²) in [7, 11) is 0. The molecule has 1 saturated carbocycles. The first kappa shape index (κ1) is 17.8. The van der Waals surface area contributed by atoms with E-state index in [4.69, 9.17) is 21.1 Å². The van der Waals surface area contributed by atoms with Gasteiger partial charge in [-0.1, -0.05) is 43.0 Å². The number of rotatable bonds is 7. The van der Waals surface area contributed by atoms with Crippen LogP contribution in [0.1, 0.15) is 50.5 Å². The average molecular weight is 339 g/mol. The van der Waals surface area contributed by atoms with Gasteiger partial charge in [0, 0.05) is 5.02 Å². The first-order valence-electron chi connectivity index (χ1n) is 8.19. The predicted molar refractivity (Wildman–Crippen MR) is 88.0 cm³/mol. The van der Waals surface area contributed by atoms with Crippen molar-refractivity contribution in [1.29, 1.82) is 0 Å². The number of carbonyl (C=O) groups excluding carboxylic acids is 2. The smallest absolute Gasteiger partial charge is 0.306 e. The van der Waals surface area contributed by atoms with E-state index in [1.807, 2.05) is 0 Å². The lowest BCUT2D eigenvalue weighted by Crippen LogP contribution is -2.17. The molecule has 2 rings (SSSR count). The summed E-state index contributed by atoms with van der Waals surface area (Å²) in [5.41, 5.74) is 0.864. The maximum atomic E-state index is 11.7. The van der Waals surface area contributed by atoms with E-state index in [0.29, 0.717) is 17.5 Å². The highest BCUT2D eigenvalue weighted by Gasteiger charge is 2.16. The van der Waals surface area contributed by atoms with Gasteiger partial charge in [-0.3, -0.25) is 9.59 Å². The molecule has 0 aromatic heterocycles. The molecular weight excluding hydrogens is 316 g/mol. The molecule has 0 unspecified atom stereocenters. The third kappa shape index (κ3) is 7.04. The van der Waals surface area contributed by atoms with Crippen LogP contribution in [-0.4, -0.2) is 18.5 Å². The average Bonchev–Trinajstić information content (AvgIpc) is 2.58. The molecule has 0 aliphatic heterocycles. The second-order valence-corrected chi connectivity index (χ2v) is 6.41. The van der Waals surface area contributed by atoms with Gasteiger partial charge >= 0.3 is 11.9 Å². The maximum Gasteiger partial charge on any atom is 0.306 e. The summed E-state index contributed by atoms with van der Waals surface area (Å²) in [4.78, 5) is 23.3. The SMILES string of the molecule is O=C(CCC(=O)OCC1CCCCC1)OCc1ccc(Cl)cc1. The molecule has 0 saturated heterocycles. The Balaban J connectivity index is 1.57. The van der Waals surface area contributed by atoms with Crippen molar-refractivity contribution >= 4 is 23.5 Å². The highest BCUT2D eigenvalue weighted by Crippen LogP contribution is 2.23. The molecule has 23 heavy (non-hydrogen) atoms. The van der Waals surface area contributed by atoms with E-state index in [1.165, 1.54) is 19.3 Å². The fourth-order valence-corrected chi connectivity index (χ4v) is 2.78. The Bertz CT molecular complexity index is 506. The van der Waals surface area contributed by atoms with Crippen molar-refractivity contribution < 1.29 is 19.1 Å². The molecular formula is C18H23ClO4. The summed E-state index contributed by atoms with van der Waals surface area (Å²) in [5.74, 6) is -0.224. The van der Waals surface area contributed by atoms with E-state index >= 15 is 0 Å². The van der Waals surface area contributed by atoms with Crippen LogP contribution in [0.5, 0.6) is 0 Å². The maximum absolute atomic E-state index is 11.7. The number of hydrogen-bond donors (Lipinski definition) is 0. The van der Waals surface area contributed by atoms with E-state index in [2.05, 4.69) is 0 Å². The number of hydrogen-bond acceptors (Lipinski definition) is 4. The normalized spacial score (nSPS) is 15.2. The molecule has 1 aliphatic rings. The molecule has 0 N–H and O–H groups in total. The molecule has 126 valence electrons. The van der Waals surface area contributed by atoms with Crippen LogP contribution in [0.4, 0.5) is 0 Å². The van der Waals surface area contributed by atoms with Gasteiger partial charge in [-0.2, -0.15) is 0 Å². The summed E-state index contributed by atoms with van der Waals surface area (Å²) in [5, 5.41) is 0.640. The molecule has 0 spiro atoms. The molecule has 0 radical (unpaired) electrons. The van der Waals surface area contributed by atoms with Gasteiger partial charge in [0.2, 0.25) is 0 Å². The number of halogens is 1. The van der Waals surface area contributed by atoms with Gasteiger partial charge in [0.05, 0.1) is 19.4 Å². The van der Waals surface area contributed by atoms with Crippen LogP contribution < -0.4 is 0 Å². The summed E-state index contributed by atoms with van der Waals surface area (Å²) < 4.78 is 10.4. The van der Waals surface area contributed by atoms with Gasteiger partial charge in [-0.05, 0) is 36.5 Å². The molecule has 1 fully saturated rings. The minimum Gasteiger partial charge on any atom is -0.465 e. The Hall–Kier alpha value is -1.55. The van der Waals surface area contributed by atoms with Gasteiger partial charge in [-0.25, -0.2) is 0 Å². The first-order chi connectivity index (χ1) is 11.1. The Morgan fingerprint density at radius 1 is 0.957 bits per heavy atom. The van der Waals surface area contributed by atoms with Crippen molar-refractivity contribution in [3.05, 3.63) is 34.9 Å². The van der Waals surface area contributed by atoms with E-state index in [0.717, 1.165) is 18.4 Å². The van der Waals surface area contributed by atoms with Gasteiger partial charge in [0.25, 0.3) is 0 Å². The van der Waals surface area contributed by atoms with Crippen LogP contribution in [0, 0.1) is 5.92 Å². The van der Waals surface area contributed by atoms with Crippen molar-refractivity contribution in [2.75, 3.05) is 6.61 Å². The fourth-order valence-electron chi connectivity index (χ4n) is 2.66. The summed E-state index contributed by atoms with van der Waals surface area (Å²) in [6, 6.07) is 7.09. The van der Waals surface area contributed by atoms with Crippen molar-refractivity contribution in [1.82, 2.24) is 0 Å². The minimum atomic E-state index is -0.394. The molecule has 0 amide bonds. The first-order valence-corrected chi connectivity index (χ1v) is 8.57. The second-order valence-electron chi connectivity index (χ2n) is 5.97. The third-order valence-corrected chi connectivity index (χ3v) is 4.30. The number of ether oxygens (including phenoxy) is 2. The Kier molecular flexibility index (Phi) is 7.40. The van der Waals surface area contributed by atoms with Gasteiger partial charge < -0.3 is 9.47 Å². The molecule has 1 aliphatic carbocycles. The molecule has 0 bridgehead atoms. The van der Waals surface area contributed by atoms with Crippen molar-refractivity contribution in [3.8, 4) is 0 Å². The molecule has 5 heteroatoms. The van der Waals surface area contributed by atoms with E-state index in [9.17, 15) is 9.59 Å². The Morgan fingerprint density at radius 2 is 1.57 bits per heavy atom. The number of esters is 2. The molecule has 0 atom stereocenters. The predicted octanol–water partition coefficient (Wildman–Crippen LogP) is 4.29. The van der Waals surface area contributed by atoms with Crippen LogP contribution in [0.15, 0.2) is 24.3 Å². The fraction of sp³-hybridized carbons (Fsp3) is 0.556. The zero-order valence-electron chi connectivity index (χ0n) is 13.3. The lowest BCUT2D eigenvalue weighted by molar-refractivity contribution is -0.151. The standard InChI is InChI=1S/C18H23ClO4/c19-16-8-6-15(7-9-16)13-23-18(21)11-10-17(20)22-12-14-4-2-1-3-5-14/h6-9,14H,1-5,10-13H2. The summed E-state index contributed by atoms with van der Waals surface area (Å²) in [6.45, 7) is 0.672. The third-order valence-electron chi connectivity index (χ3n) is 4.05. The summed E-state index contributed by atoms with van der Waals surface area (Å²) in [6.07, 6.45) is 6.12. The minimum absolute atomic E-state index is 0.0527. The van der Waals surface area contributed by atoms with Crippen molar-refractivity contribution in [2.24, 2.45) is 5.92 Å². The van der Waals surface area contributed by atoms with E-state index < -0.39 is 5.97 Å². The van der Waals surface area contributed by atoms with Gasteiger partial charge in [-0.15, -0.1) is 0 Å². The number of benzene rings is 1. The lowest BCUT2D eigenvalue weighted by atomic mass is 9.90. The van der Waals surface area contributed by atoms with Crippen LogP contribution in [-0.2, 0) is 25.7 Å². The molecule has 0 heterocycles. The monoisotopic (exact) mass is 338 g/mol. The Morgan fingerprint density at radius 3 is 2.22 bits per heavy atom. The van der Waals surface area contributed by atoms with Crippen LogP contribution in [0.2, 0.25) is 5.02 Å². The molecule has 4 nitrogen and oxygen atoms in total. The van der Waals surface area contributed by atoms with Crippen molar-refractivity contribution in [2.45, 2.75) is 51.6 Å². The van der Waals surface area contributed by atoms with E-state index in [-0.39, 0.29) is 25.4 Å². The van der Waals surface area contributed by atoms with Crippen LogP contribution in [0.3, 0.4) is 0 Å². The zero-order valence-corrected chi connectivity index (χ0v) is 14.0. The largest absolute Gasteiger partial charge is 0.465 e. The molecule has 1 aromatic carbocycles. The highest BCUT2D eigenvalue weighted by atomic mass is 35.5. The number of carbonyl (C=O) groups is 2. The second kappa shape index (κ2) is 9.56. The van der Waals surface area contributed by atoms with Crippen molar-refractivity contribution in [3.63, 3.8) is 0 Å². The quantitative estimate of drug-likeness (QED) is 0.696. The van der Waals surface area contributed by atoms with Gasteiger partial charge in [0.15, 0.2) is 0 Å².